The molecule has 0 aliphatic carbocycles. The standard InChI is InChI=1S/C21H20N2O3/c1-22-13-16(21(25)26-2)19(14-8-4-3-5-9-14)23-17-11-7-6-10-15(17)12-18(23)20(22)24/h3-12,16,19H,13H2,1-2H3/t16-,19?/m0/s1. The molecule has 2 heterocycles. The Morgan fingerprint density at radius 2 is 1.77 bits per heavy atom. The lowest BCUT2D eigenvalue weighted by atomic mass is 9.92. The molecule has 1 amide bonds. The van der Waals surface area contributed by atoms with Gasteiger partial charge in [-0.25, -0.2) is 0 Å². The third-order valence-corrected chi connectivity index (χ3v) is 5.09. The number of methoxy groups -OCH3 is 1. The molecule has 2 aromatic carbocycles. The van der Waals surface area contributed by atoms with Crippen LogP contribution in [0, 0.1) is 5.92 Å². The monoisotopic (exact) mass is 348 g/mol. The number of carbonyl (C=O) groups is 2. The number of benzene rings is 2. The fourth-order valence-electron chi connectivity index (χ4n) is 3.88. The molecule has 0 spiro atoms. The molecule has 5 nitrogen and oxygen atoms in total. The van der Waals surface area contributed by atoms with Crippen molar-refractivity contribution in [1.29, 1.82) is 0 Å². The average molecular weight is 348 g/mol. The summed E-state index contributed by atoms with van der Waals surface area (Å²) >= 11 is 0. The number of para-hydroxylation sites is 1. The Kier molecular flexibility index (Phi) is 3.99. The predicted octanol–water partition coefficient (Wildman–Crippen LogP) is 3.11. The van der Waals surface area contributed by atoms with E-state index < -0.39 is 5.92 Å². The molecule has 1 aromatic heterocycles. The molecule has 5 heteroatoms. The van der Waals surface area contributed by atoms with Gasteiger partial charge < -0.3 is 14.2 Å². The van der Waals surface area contributed by atoms with Gasteiger partial charge in [-0.15, -0.1) is 0 Å². The number of nitrogens with zero attached hydrogens (tertiary/aromatic N) is 2. The maximum Gasteiger partial charge on any atom is 0.312 e. The van der Waals surface area contributed by atoms with E-state index in [1.54, 1.807) is 11.9 Å². The number of rotatable bonds is 2. The van der Waals surface area contributed by atoms with Gasteiger partial charge in [0, 0.05) is 24.5 Å². The lowest BCUT2D eigenvalue weighted by molar-refractivity contribution is -0.146. The van der Waals surface area contributed by atoms with Gasteiger partial charge in [-0.1, -0.05) is 48.5 Å². The van der Waals surface area contributed by atoms with Crippen LogP contribution in [0.3, 0.4) is 0 Å². The van der Waals surface area contributed by atoms with Gasteiger partial charge >= 0.3 is 5.97 Å². The third-order valence-electron chi connectivity index (χ3n) is 5.09. The molecule has 4 rings (SSSR count). The number of fused-ring (bicyclic) bond motifs is 3. The van der Waals surface area contributed by atoms with E-state index in [4.69, 9.17) is 4.74 Å². The van der Waals surface area contributed by atoms with Crippen LogP contribution in [-0.4, -0.2) is 42.0 Å². The highest BCUT2D eigenvalue weighted by molar-refractivity contribution is 5.99. The third kappa shape index (κ3) is 2.47. The van der Waals surface area contributed by atoms with E-state index in [1.807, 2.05) is 65.2 Å². The molecule has 0 fully saturated rings. The minimum atomic E-state index is -0.492. The second-order valence-electron chi connectivity index (χ2n) is 6.63. The molecule has 2 atom stereocenters. The van der Waals surface area contributed by atoms with Crippen molar-refractivity contribution in [1.82, 2.24) is 9.47 Å². The molecule has 0 bridgehead atoms. The Balaban J connectivity index is 2.04. The van der Waals surface area contributed by atoms with Crippen molar-refractivity contribution in [3.8, 4) is 0 Å². The number of esters is 1. The van der Waals surface area contributed by atoms with Gasteiger partial charge in [0.2, 0.25) is 0 Å². The molecule has 0 saturated carbocycles. The predicted molar refractivity (Wildman–Crippen MR) is 99.0 cm³/mol. The van der Waals surface area contributed by atoms with Crippen molar-refractivity contribution >= 4 is 22.8 Å². The summed E-state index contributed by atoms with van der Waals surface area (Å²) in [6.07, 6.45) is 0. The number of ether oxygens (including phenoxy) is 1. The number of amides is 1. The first-order chi connectivity index (χ1) is 12.6. The largest absolute Gasteiger partial charge is 0.469 e. The molecular formula is C21H20N2O3. The fraction of sp³-hybridized carbons (Fsp3) is 0.238. The molecule has 26 heavy (non-hydrogen) atoms. The van der Waals surface area contributed by atoms with E-state index in [0.717, 1.165) is 16.5 Å². The Bertz CT molecular complexity index is 977. The SMILES string of the molecule is COC(=O)[C@H]1CN(C)C(=O)c2cc3ccccc3n2C1c1ccccc1. The van der Waals surface area contributed by atoms with Crippen LogP contribution in [0.2, 0.25) is 0 Å². The Morgan fingerprint density at radius 3 is 2.50 bits per heavy atom. The zero-order valence-corrected chi connectivity index (χ0v) is 14.8. The van der Waals surface area contributed by atoms with Crippen molar-refractivity contribution in [3.63, 3.8) is 0 Å². The van der Waals surface area contributed by atoms with E-state index >= 15 is 0 Å². The molecule has 1 unspecified atom stereocenters. The highest BCUT2D eigenvalue weighted by Gasteiger charge is 2.39. The first kappa shape index (κ1) is 16.4. The van der Waals surface area contributed by atoms with E-state index in [0.29, 0.717) is 12.2 Å². The zero-order chi connectivity index (χ0) is 18.3. The second kappa shape index (κ2) is 6.33. The quantitative estimate of drug-likeness (QED) is 0.669. The second-order valence-corrected chi connectivity index (χ2v) is 6.63. The van der Waals surface area contributed by atoms with Crippen molar-refractivity contribution < 1.29 is 14.3 Å². The highest BCUT2D eigenvalue weighted by atomic mass is 16.5. The van der Waals surface area contributed by atoms with Gasteiger partial charge in [-0.3, -0.25) is 9.59 Å². The number of hydrogen-bond donors (Lipinski definition) is 0. The van der Waals surface area contributed by atoms with Crippen molar-refractivity contribution in [2.24, 2.45) is 5.92 Å². The molecule has 1 aliphatic heterocycles. The maximum absolute atomic E-state index is 13.0. The zero-order valence-electron chi connectivity index (χ0n) is 14.8. The van der Waals surface area contributed by atoms with Gasteiger partial charge in [0.25, 0.3) is 5.91 Å². The van der Waals surface area contributed by atoms with Gasteiger partial charge in [-0.2, -0.15) is 0 Å². The Hall–Kier alpha value is -3.08. The normalized spacial score (nSPS) is 19.9. The smallest absolute Gasteiger partial charge is 0.312 e. The van der Waals surface area contributed by atoms with E-state index in [1.165, 1.54) is 7.11 Å². The highest BCUT2D eigenvalue weighted by Crippen LogP contribution is 2.37. The molecule has 132 valence electrons. The number of hydrogen-bond acceptors (Lipinski definition) is 3. The summed E-state index contributed by atoms with van der Waals surface area (Å²) in [5, 5.41) is 0.982. The minimum Gasteiger partial charge on any atom is -0.469 e. The topological polar surface area (TPSA) is 51.5 Å². The van der Waals surface area contributed by atoms with Gasteiger partial charge in [0.15, 0.2) is 0 Å². The maximum atomic E-state index is 13.0. The van der Waals surface area contributed by atoms with Crippen molar-refractivity contribution in [2.45, 2.75) is 6.04 Å². The van der Waals surface area contributed by atoms with Crippen LogP contribution in [0.25, 0.3) is 10.9 Å². The molecule has 1 aliphatic rings. The fourth-order valence-corrected chi connectivity index (χ4v) is 3.88. The summed E-state index contributed by atoms with van der Waals surface area (Å²) in [5.41, 5.74) is 2.51. The van der Waals surface area contributed by atoms with Gasteiger partial charge in [-0.05, 0) is 17.7 Å². The Morgan fingerprint density at radius 1 is 1.08 bits per heavy atom. The first-order valence-electron chi connectivity index (χ1n) is 8.60. The van der Waals surface area contributed by atoms with Crippen LogP contribution >= 0.6 is 0 Å². The average Bonchev–Trinajstić information content (AvgIpc) is 3.01. The van der Waals surface area contributed by atoms with E-state index in [2.05, 4.69) is 0 Å². The Labute approximate surface area is 151 Å². The van der Waals surface area contributed by atoms with Gasteiger partial charge in [0.1, 0.15) is 5.69 Å². The molecule has 3 aromatic rings. The van der Waals surface area contributed by atoms with E-state index in [9.17, 15) is 9.59 Å². The van der Waals surface area contributed by atoms with Crippen LogP contribution in [0.5, 0.6) is 0 Å². The van der Waals surface area contributed by atoms with Crippen LogP contribution in [0.4, 0.5) is 0 Å². The van der Waals surface area contributed by atoms with Crippen molar-refractivity contribution in [3.05, 3.63) is 71.9 Å². The molecule has 0 saturated heterocycles. The first-order valence-corrected chi connectivity index (χ1v) is 8.60. The summed E-state index contributed by atoms with van der Waals surface area (Å²) in [4.78, 5) is 27.2. The molecular weight excluding hydrogens is 328 g/mol. The minimum absolute atomic E-state index is 0.0893. The van der Waals surface area contributed by atoms with E-state index in [-0.39, 0.29) is 17.9 Å². The summed E-state index contributed by atoms with van der Waals surface area (Å²) < 4.78 is 7.09. The number of carbonyl (C=O) groups excluding carboxylic acids is 2. The van der Waals surface area contributed by atoms with Gasteiger partial charge in [0.05, 0.1) is 19.1 Å². The van der Waals surface area contributed by atoms with Crippen LogP contribution in [0.1, 0.15) is 22.1 Å². The molecule has 0 N–H and O–H groups in total. The lowest BCUT2D eigenvalue weighted by Gasteiger charge is -2.27. The summed E-state index contributed by atoms with van der Waals surface area (Å²) in [6, 6.07) is 19.3. The number of aromatic nitrogens is 1. The van der Waals surface area contributed by atoms with Crippen LogP contribution in [-0.2, 0) is 9.53 Å². The summed E-state index contributed by atoms with van der Waals surface area (Å²) in [5.74, 6) is -0.897. The van der Waals surface area contributed by atoms with Crippen LogP contribution < -0.4 is 0 Å². The lowest BCUT2D eigenvalue weighted by Crippen LogP contribution is -2.36. The van der Waals surface area contributed by atoms with Crippen LogP contribution in [0.15, 0.2) is 60.7 Å². The summed E-state index contributed by atoms with van der Waals surface area (Å²) in [7, 11) is 3.12. The van der Waals surface area contributed by atoms with Crippen molar-refractivity contribution in [2.75, 3.05) is 20.7 Å². The molecule has 0 radical (unpaired) electrons. The summed E-state index contributed by atoms with van der Waals surface area (Å²) in [6.45, 7) is 0.307.